The van der Waals surface area contributed by atoms with E-state index >= 15 is 0 Å². The van der Waals surface area contributed by atoms with Crippen LogP contribution in [0.1, 0.15) is 37.8 Å². The first kappa shape index (κ1) is 17.6. The van der Waals surface area contributed by atoms with E-state index in [0.717, 1.165) is 49.8 Å². The SMILES string of the molecule is CCNC(=NCC1(O)CCc2ccccc21)N1CCSC(CC)C1. The van der Waals surface area contributed by atoms with Gasteiger partial charge in [0.2, 0.25) is 0 Å². The van der Waals surface area contributed by atoms with Gasteiger partial charge in [0.1, 0.15) is 5.60 Å². The lowest BCUT2D eigenvalue weighted by Gasteiger charge is -2.35. The summed E-state index contributed by atoms with van der Waals surface area (Å²) < 4.78 is 0. The molecule has 5 heteroatoms. The first-order valence-electron chi connectivity index (χ1n) is 9.12. The number of aliphatic hydroxyl groups is 1. The third-order valence-corrected chi connectivity index (χ3v) is 6.42. The number of aryl methyl sites for hydroxylation is 1. The molecule has 4 nitrogen and oxygen atoms in total. The molecule has 132 valence electrons. The second kappa shape index (κ2) is 7.79. The average Bonchev–Trinajstić information content (AvgIpc) is 2.96. The van der Waals surface area contributed by atoms with E-state index in [1.54, 1.807) is 0 Å². The van der Waals surface area contributed by atoms with E-state index in [-0.39, 0.29) is 0 Å². The number of benzene rings is 1. The number of guanidine groups is 1. The van der Waals surface area contributed by atoms with Crippen molar-refractivity contribution in [2.24, 2.45) is 4.99 Å². The Balaban J connectivity index is 1.75. The lowest BCUT2D eigenvalue weighted by molar-refractivity contribution is 0.0483. The van der Waals surface area contributed by atoms with Gasteiger partial charge in [-0.25, -0.2) is 4.99 Å². The predicted octanol–water partition coefficient (Wildman–Crippen LogP) is 2.61. The molecule has 0 spiro atoms. The lowest BCUT2D eigenvalue weighted by atomic mass is 9.96. The molecule has 0 amide bonds. The van der Waals surface area contributed by atoms with E-state index in [1.165, 1.54) is 12.0 Å². The molecule has 2 N–H and O–H groups in total. The fraction of sp³-hybridized carbons (Fsp3) is 0.632. The molecule has 0 bridgehead atoms. The summed E-state index contributed by atoms with van der Waals surface area (Å²) in [6, 6.07) is 8.23. The molecule has 1 heterocycles. The highest BCUT2D eigenvalue weighted by atomic mass is 32.2. The standard InChI is InChI=1S/C19H29N3OS/c1-3-16-13-22(11-12-24-16)18(20-4-2)21-14-19(23)10-9-15-7-5-6-8-17(15)19/h5-8,16,23H,3-4,9-14H2,1-2H3,(H,20,21). The van der Waals surface area contributed by atoms with Crippen molar-refractivity contribution in [1.82, 2.24) is 10.2 Å². The van der Waals surface area contributed by atoms with Gasteiger partial charge in [-0.15, -0.1) is 0 Å². The van der Waals surface area contributed by atoms with Crippen LogP contribution in [0.5, 0.6) is 0 Å². The Hall–Kier alpha value is -1.20. The van der Waals surface area contributed by atoms with E-state index < -0.39 is 5.60 Å². The van der Waals surface area contributed by atoms with Crippen molar-refractivity contribution in [3.8, 4) is 0 Å². The molecule has 2 unspecified atom stereocenters. The Morgan fingerprint density at radius 1 is 1.42 bits per heavy atom. The highest BCUT2D eigenvalue weighted by molar-refractivity contribution is 8.00. The van der Waals surface area contributed by atoms with Crippen molar-refractivity contribution in [3.05, 3.63) is 35.4 Å². The van der Waals surface area contributed by atoms with Gasteiger partial charge in [0, 0.05) is 30.6 Å². The summed E-state index contributed by atoms with van der Waals surface area (Å²) in [6.45, 7) is 7.72. The maximum atomic E-state index is 11.1. The Morgan fingerprint density at radius 3 is 3.04 bits per heavy atom. The zero-order chi connectivity index (χ0) is 17.0. The summed E-state index contributed by atoms with van der Waals surface area (Å²) in [5, 5.41) is 15.2. The number of hydrogen-bond acceptors (Lipinski definition) is 3. The molecule has 24 heavy (non-hydrogen) atoms. The largest absolute Gasteiger partial charge is 0.383 e. The molecule has 2 atom stereocenters. The molecule has 1 saturated heterocycles. The molecule has 0 radical (unpaired) electrons. The third kappa shape index (κ3) is 3.72. The highest BCUT2D eigenvalue weighted by Crippen LogP contribution is 2.37. The number of nitrogens with zero attached hydrogens (tertiary/aromatic N) is 2. The Bertz CT molecular complexity index is 592. The maximum absolute atomic E-state index is 11.1. The summed E-state index contributed by atoms with van der Waals surface area (Å²) in [5.74, 6) is 2.10. The van der Waals surface area contributed by atoms with Gasteiger partial charge in [-0.2, -0.15) is 11.8 Å². The van der Waals surface area contributed by atoms with Gasteiger partial charge in [0.05, 0.1) is 6.54 Å². The van der Waals surface area contributed by atoms with Gasteiger partial charge in [-0.1, -0.05) is 31.2 Å². The Morgan fingerprint density at radius 2 is 2.25 bits per heavy atom. The quantitative estimate of drug-likeness (QED) is 0.649. The van der Waals surface area contributed by atoms with Crippen molar-refractivity contribution in [1.29, 1.82) is 0 Å². The Kier molecular flexibility index (Phi) is 5.72. The molecule has 3 rings (SSSR count). The van der Waals surface area contributed by atoms with E-state index in [0.29, 0.717) is 11.8 Å². The van der Waals surface area contributed by atoms with Gasteiger partial charge < -0.3 is 15.3 Å². The number of nitrogens with one attached hydrogen (secondary N) is 1. The average molecular weight is 348 g/mol. The number of aliphatic imine (C=N–C) groups is 1. The fourth-order valence-corrected chi connectivity index (χ4v) is 4.80. The Labute approximate surface area is 149 Å². The molecule has 0 saturated carbocycles. The van der Waals surface area contributed by atoms with E-state index in [9.17, 15) is 5.11 Å². The first-order chi connectivity index (χ1) is 11.7. The molecular formula is C19H29N3OS. The van der Waals surface area contributed by atoms with Crippen LogP contribution in [0.3, 0.4) is 0 Å². The third-order valence-electron chi connectivity index (χ3n) is 5.05. The van der Waals surface area contributed by atoms with Gasteiger partial charge >= 0.3 is 0 Å². The lowest BCUT2D eigenvalue weighted by Crippen LogP contribution is -2.48. The number of fused-ring (bicyclic) bond motifs is 1. The predicted molar refractivity (Wildman–Crippen MR) is 103 cm³/mol. The van der Waals surface area contributed by atoms with Crippen LogP contribution < -0.4 is 5.32 Å². The van der Waals surface area contributed by atoms with Gasteiger partial charge in [0.25, 0.3) is 0 Å². The molecule has 1 fully saturated rings. The summed E-state index contributed by atoms with van der Waals surface area (Å²) >= 11 is 2.06. The topological polar surface area (TPSA) is 47.9 Å². The van der Waals surface area contributed by atoms with Crippen molar-refractivity contribution >= 4 is 17.7 Å². The minimum Gasteiger partial charge on any atom is -0.383 e. The molecule has 2 aliphatic rings. The van der Waals surface area contributed by atoms with Crippen LogP contribution in [0.15, 0.2) is 29.3 Å². The summed E-state index contributed by atoms with van der Waals surface area (Å²) in [4.78, 5) is 7.19. The van der Waals surface area contributed by atoms with Crippen LogP contribution in [-0.4, -0.2) is 53.1 Å². The van der Waals surface area contributed by atoms with E-state index in [4.69, 9.17) is 4.99 Å². The molecule has 1 aromatic carbocycles. The van der Waals surface area contributed by atoms with Crippen molar-refractivity contribution in [3.63, 3.8) is 0 Å². The maximum Gasteiger partial charge on any atom is 0.194 e. The van der Waals surface area contributed by atoms with Crippen LogP contribution in [-0.2, 0) is 12.0 Å². The second-order valence-corrected chi connectivity index (χ2v) is 8.11. The van der Waals surface area contributed by atoms with Gasteiger partial charge in [-0.3, -0.25) is 0 Å². The molecular weight excluding hydrogens is 318 g/mol. The smallest absolute Gasteiger partial charge is 0.194 e. The van der Waals surface area contributed by atoms with Crippen LogP contribution >= 0.6 is 11.8 Å². The van der Waals surface area contributed by atoms with Crippen molar-refractivity contribution in [2.75, 3.05) is 31.9 Å². The number of rotatable bonds is 4. The molecule has 1 aromatic rings. The molecule has 1 aliphatic heterocycles. The number of thioether (sulfide) groups is 1. The highest BCUT2D eigenvalue weighted by Gasteiger charge is 2.36. The van der Waals surface area contributed by atoms with Crippen LogP contribution in [0.25, 0.3) is 0 Å². The zero-order valence-corrected chi connectivity index (χ0v) is 15.6. The monoisotopic (exact) mass is 347 g/mol. The van der Waals surface area contributed by atoms with Crippen molar-refractivity contribution < 1.29 is 5.11 Å². The van der Waals surface area contributed by atoms with Gasteiger partial charge in [0.15, 0.2) is 5.96 Å². The van der Waals surface area contributed by atoms with Crippen LogP contribution in [0.4, 0.5) is 0 Å². The van der Waals surface area contributed by atoms with Crippen molar-refractivity contribution in [2.45, 2.75) is 44.0 Å². The van der Waals surface area contributed by atoms with Crippen LogP contribution in [0.2, 0.25) is 0 Å². The zero-order valence-electron chi connectivity index (χ0n) is 14.8. The van der Waals surface area contributed by atoms with E-state index in [2.05, 4.69) is 48.0 Å². The van der Waals surface area contributed by atoms with Gasteiger partial charge in [-0.05, 0) is 37.3 Å². The second-order valence-electron chi connectivity index (χ2n) is 6.71. The molecule has 0 aromatic heterocycles. The normalized spacial score (nSPS) is 27.2. The minimum atomic E-state index is -0.814. The summed E-state index contributed by atoms with van der Waals surface area (Å²) in [5.41, 5.74) is 1.51. The fourth-order valence-electron chi connectivity index (χ4n) is 3.62. The summed E-state index contributed by atoms with van der Waals surface area (Å²) in [6.07, 6.45) is 2.90. The van der Waals surface area contributed by atoms with Crippen LogP contribution in [0, 0.1) is 0 Å². The first-order valence-corrected chi connectivity index (χ1v) is 10.2. The minimum absolute atomic E-state index is 0.437. The summed E-state index contributed by atoms with van der Waals surface area (Å²) in [7, 11) is 0. The number of hydrogen-bond donors (Lipinski definition) is 2. The van der Waals surface area contributed by atoms with E-state index in [1.807, 2.05) is 12.1 Å². The molecule has 1 aliphatic carbocycles.